The van der Waals surface area contributed by atoms with Gasteiger partial charge >= 0.3 is 0 Å². The van der Waals surface area contributed by atoms with Gasteiger partial charge in [0.05, 0.1) is 0 Å². The third-order valence-corrected chi connectivity index (χ3v) is 1.55. The van der Waals surface area contributed by atoms with Crippen LogP contribution in [0.1, 0.15) is 19.8 Å². The van der Waals surface area contributed by atoms with Crippen LogP contribution in [0.4, 0.5) is 0 Å². The van der Waals surface area contributed by atoms with Crippen LogP contribution in [0.5, 0.6) is 0 Å². The summed E-state index contributed by atoms with van der Waals surface area (Å²) in [5.41, 5.74) is 5.66. The first-order valence-electron chi connectivity index (χ1n) is 3.55. The lowest BCUT2D eigenvalue weighted by Crippen LogP contribution is -2.27. The fraction of sp³-hybridized carbons (Fsp3) is 1.00. The van der Waals surface area contributed by atoms with E-state index >= 15 is 0 Å². The minimum absolute atomic E-state index is 0.144. The molecule has 1 unspecified atom stereocenters. The van der Waals surface area contributed by atoms with Gasteiger partial charge in [0.2, 0.25) is 0 Å². The van der Waals surface area contributed by atoms with Gasteiger partial charge in [-0.2, -0.15) is 0 Å². The normalized spacial score (nSPS) is 14.1. The Morgan fingerprint density at radius 1 is 1.30 bits per heavy atom. The maximum absolute atomic E-state index is 5.66. The Labute approximate surface area is 62.5 Å². The molecule has 0 aliphatic heterocycles. The average molecular weight is 147 g/mol. The van der Waals surface area contributed by atoms with Gasteiger partial charge in [0.15, 0.2) is 6.29 Å². The topological polar surface area (TPSA) is 44.5 Å². The maximum Gasteiger partial charge on any atom is 0.158 e. The van der Waals surface area contributed by atoms with E-state index in [-0.39, 0.29) is 12.3 Å². The number of methoxy groups -OCH3 is 2. The van der Waals surface area contributed by atoms with Crippen LogP contribution in [0.25, 0.3) is 0 Å². The molecule has 0 saturated carbocycles. The van der Waals surface area contributed by atoms with Crippen LogP contribution in [0.3, 0.4) is 0 Å². The van der Waals surface area contributed by atoms with Crippen LogP contribution < -0.4 is 5.73 Å². The molecule has 3 heteroatoms. The van der Waals surface area contributed by atoms with Crippen molar-refractivity contribution in [3.05, 3.63) is 0 Å². The van der Waals surface area contributed by atoms with Crippen molar-refractivity contribution in [1.29, 1.82) is 0 Å². The highest BCUT2D eigenvalue weighted by atomic mass is 16.7. The average Bonchev–Trinajstić information content (AvgIpc) is 1.99. The summed E-state index contributed by atoms with van der Waals surface area (Å²) in [5.74, 6) is 0. The minimum atomic E-state index is -0.144. The van der Waals surface area contributed by atoms with E-state index < -0.39 is 0 Å². The van der Waals surface area contributed by atoms with E-state index in [1.54, 1.807) is 14.2 Å². The van der Waals surface area contributed by atoms with Gasteiger partial charge in [0, 0.05) is 26.7 Å². The molecule has 2 N–H and O–H groups in total. The molecule has 0 heterocycles. The molecule has 0 radical (unpaired) electrons. The molecule has 3 nitrogen and oxygen atoms in total. The first-order chi connectivity index (χ1) is 4.74. The fourth-order valence-electron chi connectivity index (χ4n) is 0.703. The second kappa shape index (κ2) is 5.65. The van der Waals surface area contributed by atoms with Crippen LogP contribution in [0, 0.1) is 0 Å². The summed E-state index contributed by atoms with van der Waals surface area (Å²) in [6.45, 7) is 2.05. The van der Waals surface area contributed by atoms with Gasteiger partial charge in [-0.05, 0) is 6.42 Å². The molecule has 0 bridgehead atoms. The molecule has 0 saturated heterocycles. The minimum Gasteiger partial charge on any atom is -0.356 e. The maximum atomic E-state index is 5.66. The molecular formula is C7H17NO2. The van der Waals surface area contributed by atoms with E-state index in [4.69, 9.17) is 15.2 Å². The number of hydrogen-bond donors (Lipinski definition) is 1. The summed E-state index contributed by atoms with van der Waals surface area (Å²) in [4.78, 5) is 0. The summed E-state index contributed by atoms with van der Waals surface area (Å²) in [6.07, 6.45) is 1.59. The standard InChI is InChI=1S/C7H17NO2/c1-4-6(8)5-7(9-2)10-3/h6-7H,4-5,8H2,1-3H3. The smallest absolute Gasteiger partial charge is 0.158 e. The summed E-state index contributed by atoms with van der Waals surface area (Å²) >= 11 is 0. The summed E-state index contributed by atoms with van der Waals surface area (Å²) in [5, 5.41) is 0. The monoisotopic (exact) mass is 147 g/mol. The molecule has 1 atom stereocenters. The Kier molecular flexibility index (Phi) is 5.58. The Morgan fingerprint density at radius 2 is 1.80 bits per heavy atom. The quantitative estimate of drug-likeness (QED) is 0.583. The van der Waals surface area contributed by atoms with E-state index in [9.17, 15) is 0 Å². The third kappa shape index (κ3) is 3.82. The van der Waals surface area contributed by atoms with Gasteiger partial charge in [-0.1, -0.05) is 6.92 Å². The van der Waals surface area contributed by atoms with E-state index in [2.05, 4.69) is 0 Å². The van der Waals surface area contributed by atoms with Crippen LogP contribution >= 0.6 is 0 Å². The highest BCUT2D eigenvalue weighted by molar-refractivity contribution is 4.59. The molecule has 0 aliphatic rings. The van der Waals surface area contributed by atoms with Crippen molar-refractivity contribution in [1.82, 2.24) is 0 Å². The molecule has 0 aliphatic carbocycles. The van der Waals surface area contributed by atoms with Gasteiger partial charge in [0.25, 0.3) is 0 Å². The summed E-state index contributed by atoms with van der Waals surface area (Å²) in [6, 6.07) is 0.185. The highest BCUT2D eigenvalue weighted by Gasteiger charge is 2.09. The van der Waals surface area contributed by atoms with Crippen LogP contribution in [0.15, 0.2) is 0 Å². The molecule has 62 valence electrons. The number of ether oxygens (including phenoxy) is 2. The van der Waals surface area contributed by atoms with Gasteiger partial charge in [-0.15, -0.1) is 0 Å². The van der Waals surface area contributed by atoms with Crippen molar-refractivity contribution in [2.24, 2.45) is 5.73 Å². The second-order valence-corrected chi connectivity index (χ2v) is 2.30. The van der Waals surface area contributed by atoms with Crippen molar-refractivity contribution < 1.29 is 9.47 Å². The van der Waals surface area contributed by atoms with Crippen LogP contribution in [0.2, 0.25) is 0 Å². The fourth-order valence-corrected chi connectivity index (χ4v) is 0.703. The molecule has 0 rings (SSSR count). The number of nitrogens with two attached hydrogens (primary N) is 1. The first-order valence-corrected chi connectivity index (χ1v) is 3.55. The van der Waals surface area contributed by atoms with Crippen LogP contribution in [-0.4, -0.2) is 26.6 Å². The Morgan fingerprint density at radius 3 is 2.10 bits per heavy atom. The third-order valence-electron chi connectivity index (χ3n) is 1.55. The number of rotatable bonds is 5. The lowest BCUT2D eigenvalue weighted by atomic mass is 10.2. The van der Waals surface area contributed by atoms with E-state index in [1.807, 2.05) is 6.92 Å². The van der Waals surface area contributed by atoms with Crippen molar-refractivity contribution >= 4 is 0 Å². The van der Waals surface area contributed by atoms with Crippen molar-refractivity contribution in [2.45, 2.75) is 32.1 Å². The zero-order chi connectivity index (χ0) is 7.98. The largest absolute Gasteiger partial charge is 0.356 e. The lowest BCUT2D eigenvalue weighted by Gasteiger charge is -2.16. The van der Waals surface area contributed by atoms with E-state index in [0.29, 0.717) is 0 Å². The summed E-state index contributed by atoms with van der Waals surface area (Å²) in [7, 11) is 3.24. The zero-order valence-electron chi connectivity index (χ0n) is 6.96. The van der Waals surface area contributed by atoms with Crippen molar-refractivity contribution in [3.63, 3.8) is 0 Å². The van der Waals surface area contributed by atoms with Gasteiger partial charge in [-0.3, -0.25) is 0 Å². The highest BCUT2D eigenvalue weighted by Crippen LogP contribution is 2.02. The molecule has 0 amide bonds. The summed E-state index contributed by atoms with van der Waals surface area (Å²) < 4.78 is 9.94. The second-order valence-electron chi connectivity index (χ2n) is 2.30. The molecule has 0 aromatic carbocycles. The predicted molar refractivity (Wildman–Crippen MR) is 40.7 cm³/mol. The zero-order valence-corrected chi connectivity index (χ0v) is 6.96. The van der Waals surface area contributed by atoms with Crippen molar-refractivity contribution in [2.75, 3.05) is 14.2 Å². The SMILES string of the molecule is CCC(N)CC(OC)OC. The Bertz CT molecular complexity index is 74.0. The lowest BCUT2D eigenvalue weighted by molar-refractivity contribution is -0.109. The van der Waals surface area contributed by atoms with Gasteiger partial charge in [0.1, 0.15) is 0 Å². The molecule has 0 spiro atoms. The Hall–Kier alpha value is -0.120. The van der Waals surface area contributed by atoms with E-state index in [0.717, 1.165) is 12.8 Å². The first kappa shape index (κ1) is 9.88. The predicted octanol–water partition coefficient (Wildman–Crippen LogP) is 0.733. The molecule has 0 aromatic heterocycles. The molecule has 0 fully saturated rings. The van der Waals surface area contributed by atoms with Crippen LogP contribution in [-0.2, 0) is 9.47 Å². The molecule has 10 heavy (non-hydrogen) atoms. The van der Waals surface area contributed by atoms with Gasteiger partial charge < -0.3 is 15.2 Å². The van der Waals surface area contributed by atoms with E-state index in [1.165, 1.54) is 0 Å². The van der Waals surface area contributed by atoms with Crippen molar-refractivity contribution in [3.8, 4) is 0 Å². The molecular weight excluding hydrogens is 130 g/mol. The molecule has 0 aromatic rings. The Balaban J connectivity index is 3.41. The van der Waals surface area contributed by atoms with Gasteiger partial charge in [-0.25, -0.2) is 0 Å². The number of hydrogen-bond acceptors (Lipinski definition) is 3.